The van der Waals surface area contributed by atoms with Crippen molar-refractivity contribution >= 4 is 40.9 Å². The summed E-state index contributed by atoms with van der Waals surface area (Å²) in [4.78, 5) is 12.6. The minimum Gasteiger partial charge on any atom is -0.349 e. The van der Waals surface area contributed by atoms with Crippen molar-refractivity contribution in [3.8, 4) is 0 Å². The largest absolute Gasteiger partial charge is 0.349 e. The normalized spacial score (nSPS) is 16.3. The van der Waals surface area contributed by atoms with Crippen LogP contribution in [0.25, 0.3) is 0 Å². The molecule has 2 aromatic rings. The van der Waals surface area contributed by atoms with Crippen molar-refractivity contribution in [2.24, 2.45) is 0 Å². The quantitative estimate of drug-likeness (QED) is 0.660. The van der Waals surface area contributed by atoms with Crippen LogP contribution in [0, 0.1) is 0 Å². The molecule has 0 saturated heterocycles. The van der Waals surface area contributed by atoms with E-state index in [4.69, 9.17) is 23.2 Å². The number of halogens is 2. The van der Waals surface area contributed by atoms with Crippen LogP contribution in [0.2, 0.25) is 10.0 Å². The molecule has 26 heavy (non-hydrogen) atoms. The number of amides is 1. The van der Waals surface area contributed by atoms with Crippen LogP contribution in [0.5, 0.6) is 0 Å². The molecule has 0 bridgehead atoms. The van der Waals surface area contributed by atoms with Gasteiger partial charge in [-0.25, -0.2) is 0 Å². The van der Waals surface area contributed by atoms with Gasteiger partial charge in [-0.3, -0.25) is 4.79 Å². The third kappa shape index (κ3) is 4.35. The molecule has 3 rings (SSSR count). The van der Waals surface area contributed by atoms with Crippen molar-refractivity contribution in [1.82, 2.24) is 20.1 Å². The fourth-order valence-electron chi connectivity index (χ4n) is 2.80. The van der Waals surface area contributed by atoms with Crippen molar-refractivity contribution in [3.63, 3.8) is 0 Å². The van der Waals surface area contributed by atoms with Gasteiger partial charge >= 0.3 is 0 Å². The van der Waals surface area contributed by atoms with Crippen LogP contribution in [0.15, 0.2) is 23.4 Å². The van der Waals surface area contributed by atoms with Crippen LogP contribution < -0.4 is 5.32 Å². The number of carbonyl (C=O) groups is 1. The first-order chi connectivity index (χ1) is 12.4. The van der Waals surface area contributed by atoms with Gasteiger partial charge in [0.25, 0.3) is 0 Å². The molecule has 1 heterocycles. The Morgan fingerprint density at radius 1 is 1.35 bits per heavy atom. The summed E-state index contributed by atoms with van der Waals surface area (Å²) < 4.78 is 2.12. The van der Waals surface area contributed by atoms with Crippen LogP contribution in [-0.4, -0.2) is 25.9 Å². The summed E-state index contributed by atoms with van der Waals surface area (Å²) in [6.07, 6.45) is 2.36. The second-order valence-electron chi connectivity index (χ2n) is 6.52. The zero-order valence-electron chi connectivity index (χ0n) is 15.0. The summed E-state index contributed by atoms with van der Waals surface area (Å²) in [5.74, 6) is 1.52. The second kappa shape index (κ2) is 8.19. The number of aromatic nitrogens is 3. The lowest BCUT2D eigenvalue weighted by molar-refractivity contribution is -0.120. The molecular formula is C18H22Cl2N4OS. The molecule has 0 unspecified atom stereocenters. The van der Waals surface area contributed by atoms with Crippen molar-refractivity contribution in [3.05, 3.63) is 39.6 Å². The van der Waals surface area contributed by atoms with Gasteiger partial charge in [-0.1, -0.05) is 41.0 Å². The molecule has 1 aliphatic rings. The molecule has 8 heteroatoms. The Kier molecular flexibility index (Phi) is 6.15. The molecular weight excluding hydrogens is 391 g/mol. The molecule has 1 aromatic heterocycles. The molecule has 0 spiro atoms. The maximum atomic E-state index is 12.6. The molecule has 1 amide bonds. The minimum atomic E-state index is -0.287. The van der Waals surface area contributed by atoms with Gasteiger partial charge in [0.2, 0.25) is 5.91 Å². The number of rotatable bonds is 7. The zero-order valence-corrected chi connectivity index (χ0v) is 17.3. The fraction of sp³-hybridized carbons (Fsp3) is 0.500. The highest BCUT2D eigenvalue weighted by Gasteiger charge is 2.31. The highest BCUT2D eigenvalue weighted by atomic mass is 35.5. The first-order valence-corrected chi connectivity index (χ1v) is 10.4. The first-order valence-electron chi connectivity index (χ1n) is 8.75. The van der Waals surface area contributed by atoms with Crippen LogP contribution in [-0.2, 0) is 11.3 Å². The Bertz CT molecular complexity index is 806. The van der Waals surface area contributed by atoms with Crippen LogP contribution in [0.3, 0.4) is 0 Å². The zero-order chi connectivity index (χ0) is 18.8. The number of nitrogens with one attached hydrogen (secondary N) is 1. The monoisotopic (exact) mass is 412 g/mol. The molecule has 1 aliphatic carbocycles. The van der Waals surface area contributed by atoms with Crippen molar-refractivity contribution in [1.29, 1.82) is 0 Å². The Morgan fingerprint density at radius 3 is 2.69 bits per heavy atom. The lowest BCUT2D eigenvalue weighted by Crippen LogP contribution is -2.33. The Morgan fingerprint density at radius 2 is 2.08 bits per heavy atom. The van der Waals surface area contributed by atoms with Gasteiger partial charge in [0.05, 0.1) is 11.3 Å². The topological polar surface area (TPSA) is 59.8 Å². The average Bonchev–Trinajstić information content (AvgIpc) is 3.35. The van der Waals surface area contributed by atoms with Crippen LogP contribution >= 0.6 is 35.0 Å². The standard InChI is InChI=1S/C18H22Cl2N4OS/c1-4-24-16(12-5-6-12)22-23-18(24)26-11(3)17(25)21-10(2)14-8-7-13(19)9-15(14)20/h7-12H,4-6H2,1-3H3,(H,21,25)/t10-,11+/m0/s1. The maximum Gasteiger partial charge on any atom is 0.233 e. The lowest BCUT2D eigenvalue weighted by atomic mass is 10.1. The van der Waals surface area contributed by atoms with Gasteiger partial charge in [-0.2, -0.15) is 0 Å². The Hall–Kier alpha value is -1.24. The number of nitrogens with zero attached hydrogens (tertiary/aromatic N) is 3. The fourth-order valence-corrected chi connectivity index (χ4v) is 4.30. The third-order valence-electron chi connectivity index (χ3n) is 4.44. The summed E-state index contributed by atoms with van der Waals surface area (Å²) in [5.41, 5.74) is 0.842. The second-order valence-corrected chi connectivity index (χ2v) is 8.67. The number of carbonyl (C=O) groups excluding carboxylic acids is 1. The Balaban J connectivity index is 1.64. The van der Waals surface area contributed by atoms with E-state index in [0.29, 0.717) is 16.0 Å². The van der Waals surface area contributed by atoms with Crippen molar-refractivity contribution in [2.45, 2.75) is 62.5 Å². The van der Waals surface area contributed by atoms with E-state index in [1.807, 2.05) is 19.9 Å². The SMILES string of the molecule is CCn1c(S[C@H](C)C(=O)N[C@@H](C)c2ccc(Cl)cc2Cl)nnc1C1CC1. The molecule has 1 fully saturated rings. The lowest BCUT2D eigenvalue weighted by Gasteiger charge is -2.19. The smallest absolute Gasteiger partial charge is 0.233 e. The van der Waals surface area contributed by atoms with Gasteiger partial charge in [0, 0.05) is 22.5 Å². The van der Waals surface area contributed by atoms with Gasteiger partial charge in [-0.15, -0.1) is 10.2 Å². The number of thioether (sulfide) groups is 1. The highest BCUT2D eigenvalue weighted by Crippen LogP contribution is 2.40. The number of hydrogen-bond donors (Lipinski definition) is 1. The van der Waals surface area contributed by atoms with Gasteiger partial charge in [-0.05, 0) is 51.3 Å². The summed E-state index contributed by atoms with van der Waals surface area (Å²) in [6.45, 7) is 6.67. The summed E-state index contributed by atoms with van der Waals surface area (Å²) in [7, 11) is 0. The van der Waals surface area contributed by atoms with Crippen molar-refractivity contribution in [2.75, 3.05) is 0 Å². The Labute approximate surface area is 167 Å². The van der Waals surface area contributed by atoms with E-state index in [2.05, 4.69) is 27.0 Å². The maximum absolute atomic E-state index is 12.6. The number of benzene rings is 1. The summed E-state index contributed by atoms with van der Waals surface area (Å²) in [5, 5.41) is 13.3. The van der Waals surface area contributed by atoms with E-state index >= 15 is 0 Å². The molecule has 140 valence electrons. The molecule has 1 saturated carbocycles. The molecule has 2 atom stereocenters. The first kappa shape index (κ1) is 19.5. The van der Waals surface area contributed by atoms with Crippen LogP contribution in [0.4, 0.5) is 0 Å². The predicted molar refractivity (Wildman–Crippen MR) is 106 cm³/mol. The highest BCUT2D eigenvalue weighted by molar-refractivity contribution is 8.00. The molecule has 5 nitrogen and oxygen atoms in total. The van der Waals surface area contributed by atoms with E-state index in [0.717, 1.165) is 23.1 Å². The van der Waals surface area contributed by atoms with E-state index < -0.39 is 0 Å². The summed E-state index contributed by atoms with van der Waals surface area (Å²) in [6, 6.07) is 5.08. The number of hydrogen-bond acceptors (Lipinski definition) is 4. The summed E-state index contributed by atoms with van der Waals surface area (Å²) >= 11 is 13.6. The predicted octanol–water partition coefficient (Wildman–Crippen LogP) is 4.84. The molecule has 1 aromatic carbocycles. The van der Waals surface area contributed by atoms with E-state index in [-0.39, 0.29) is 17.2 Å². The third-order valence-corrected chi connectivity index (χ3v) is 6.09. The van der Waals surface area contributed by atoms with Gasteiger partial charge < -0.3 is 9.88 Å². The van der Waals surface area contributed by atoms with Crippen LogP contribution in [0.1, 0.15) is 57.0 Å². The molecule has 0 radical (unpaired) electrons. The van der Waals surface area contributed by atoms with Gasteiger partial charge in [0.15, 0.2) is 5.16 Å². The minimum absolute atomic E-state index is 0.0628. The van der Waals surface area contributed by atoms with E-state index in [9.17, 15) is 4.79 Å². The van der Waals surface area contributed by atoms with Crippen molar-refractivity contribution < 1.29 is 4.79 Å². The molecule has 1 N–H and O–H groups in total. The van der Waals surface area contributed by atoms with E-state index in [1.54, 1.807) is 12.1 Å². The van der Waals surface area contributed by atoms with Gasteiger partial charge in [0.1, 0.15) is 5.82 Å². The average molecular weight is 413 g/mol. The van der Waals surface area contributed by atoms with E-state index in [1.165, 1.54) is 24.6 Å². The molecule has 0 aliphatic heterocycles.